The molecule has 0 N–H and O–H groups in total. The van der Waals surface area contributed by atoms with Gasteiger partial charge in [0.1, 0.15) is 5.58 Å². The maximum atomic E-state index is 6.51. The van der Waals surface area contributed by atoms with Crippen LogP contribution in [0.1, 0.15) is 5.56 Å². The summed E-state index contributed by atoms with van der Waals surface area (Å²) in [4.78, 5) is 13.4. The van der Waals surface area contributed by atoms with Crippen LogP contribution in [0, 0.1) is 19.1 Å². The van der Waals surface area contributed by atoms with Gasteiger partial charge in [-0.1, -0.05) is 77.7 Å². The van der Waals surface area contributed by atoms with Crippen molar-refractivity contribution in [1.29, 1.82) is 0 Å². The molecule has 0 spiro atoms. The largest absolute Gasteiger partial charge is 0.500 e. The average molecular weight is 782 g/mol. The molecule has 5 aromatic carbocycles. The van der Waals surface area contributed by atoms with Crippen molar-refractivity contribution in [3.05, 3.63) is 164 Å². The van der Waals surface area contributed by atoms with Crippen LogP contribution in [0.5, 0.6) is 0 Å². The van der Waals surface area contributed by atoms with Gasteiger partial charge in [0.25, 0.3) is 0 Å². The first-order valence-electron chi connectivity index (χ1n) is 15.2. The Morgan fingerprint density at radius 2 is 1.40 bits per heavy atom. The molecule has 1 radical (unpaired) electrons. The Balaban J connectivity index is 0.000000228. The van der Waals surface area contributed by atoms with E-state index in [4.69, 9.17) is 9.40 Å². The summed E-state index contributed by atoms with van der Waals surface area (Å²) < 4.78 is 6.51. The van der Waals surface area contributed by atoms with E-state index in [1.165, 1.54) is 5.39 Å². The molecule has 227 valence electrons. The number of aryl methyl sites for hydroxylation is 1. The predicted molar refractivity (Wildman–Crippen MR) is 187 cm³/mol. The fourth-order valence-electron chi connectivity index (χ4n) is 5.95. The fraction of sp³-hybridized carbons (Fsp3) is 0.0238. The number of furan rings is 1. The zero-order chi connectivity index (χ0) is 30.9. The smallest absolute Gasteiger partial charge is 0.128 e. The van der Waals surface area contributed by atoms with Crippen LogP contribution in [0.3, 0.4) is 0 Å². The van der Waals surface area contributed by atoms with E-state index >= 15 is 0 Å². The molecule has 0 aliphatic rings. The number of benzene rings is 5. The molecule has 0 aliphatic heterocycles. The second-order valence-electron chi connectivity index (χ2n) is 11.1. The molecule has 0 atom stereocenters. The van der Waals surface area contributed by atoms with E-state index < -0.39 is 0 Å². The van der Waals surface area contributed by atoms with Crippen molar-refractivity contribution < 1.29 is 24.5 Å². The van der Waals surface area contributed by atoms with Gasteiger partial charge in [0.05, 0.1) is 11.1 Å². The van der Waals surface area contributed by atoms with Crippen molar-refractivity contribution in [2.24, 2.45) is 0 Å². The second kappa shape index (κ2) is 13.1. The molecule has 0 unspecified atom stereocenters. The summed E-state index contributed by atoms with van der Waals surface area (Å²) in [6.45, 7) is 2.09. The molecule has 9 aromatic rings. The molecule has 0 amide bonds. The number of fused-ring (bicyclic) bond motifs is 6. The Morgan fingerprint density at radius 1 is 0.574 bits per heavy atom. The molecule has 0 saturated carbocycles. The third-order valence-corrected chi connectivity index (χ3v) is 8.25. The first-order chi connectivity index (χ1) is 22.7. The SMILES string of the molecule is Cc1cnc(-c2[c-]ccc3c2oc2c4ccccc4ccc32)cc1-c1ccc2ncccc2c1.[Ir].[c-]1ccccc1-c1ccccn1. The maximum Gasteiger partial charge on any atom is 0.128 e. The van der Waals surface area contributed by atoms with Crippen LogP contribution >= 0.6 is 0 Å². The van der Waals surface area contributed by atoms with E-state index in [0.717, 1.165) is 77.4 Å². The third kappa shape index (κ3) is 5.83. The number of rotatable bonds is 3. The van der Waals surface area contributed by atoms with Gasteiger partial charge in [-0.25, -0.2) is 0 Å². The number of pyridine rings is 3. The minimum atomic E-state index is 0. The summed E-state index contributed by atoms with van der Waals surface area (Å²) in [6, 6.07) is 49.5. The Bertz CT molecular complexity index is 2450. The summed E-state index contributed by atoms with van der Waals surface area (Å²) >= 11 is 0. The Labute approximate surface area is 286 Å². The van der Waals surface area contributed by atoms with Crippen molar-refractivity contribution in [2.75, 3.05) is 0 Å². The molecule has 4 nitrogen and oxygen atoms in total. The van der Waals surface area contributed by atoms with Crippen molar-refractivity contribution in [3.63, 3.8) is 0 Å². The second-order valence-corrected chi connectivity index (χ2v) is 11.1. The Morgan fingerprint density at radius 3 is 2.28 bits per heavy atom. The van der Waals surface area contributed by atoms with Gasteiger partial charge < -0.3 is 14.4 Å². The van der Waals surface area contributed by atoms with E-state index in [1.807, 2.05) is 67.0 Å². The van der Waals surface area contributed by atoms with Crippen LogP contribution in [0.25, 0.3) is 77.3 Å². The first kappa shape index (κ1) is 30.2. The average Bonchev–Trinajstić information content (AvgIpc) is 3.52. The van der Waals surface area contributed by atoms with Crippen LogP contribution in [0.2, 0.25) is 0 Å². The summed E-state index contributed by atoms with van der Waals surface area (Å²) in [5, 5.41) is 5.59. The van der Waals surface area contributed by atoms with Crippen LogP contribution < -0.4 is 0 Å². The predicted octanol–water partition coefficient (Wildman–Crippen LogP) is 10.7. The standard InChI is InChI=1S/C31H19N2O.C11H8N.Ir/c1-19-18-33-29(17-27(19)21-12-14-28-22(16-21)7-5-15-32-28)26-10-4-9-24-25-13-11-20-6-2-3-8-23(20)30(25)34-31(24)26;1-2-6-10(7-3-1)11-8-4-5-9-12-11;/h2-9,11-18H,1H3;1-6,8-9H;/q2*-1;. The Kier molecular flexibility index (Phi) is 8.41. The van der Waals surface area contributed by atoms with Gasteiger partial charge >= 0.3 is 0 Å². The third-order valence-electron chi connectivity index (χ3n) is 8.25. The van der Waals surface area contributed by atoms with Crippen LogP contribution in [0.4, 0.5) is 0 Å². The van der Waals surface area contributed by atoms with Crippen molar-refractivity contribution >= 4 is 43.6 Å². The monoisotopic (exact) mass is 782 g/mol. The number of hydrogen-bond donors (Lipinski definition) is 0. The van der Waals surface area contributed by atoms with Gasteiger partial charge in [0.15, 0.2) is 0 Å². The van der Waals surface area contributed by atoms with E-state index in [9.17, 15) is 0 Å². The van der Waals surface area contributed by atoms with Gasteiger partial charge in [0.2, 0.25) is 0 Å². The van der Waals surface area contributed by atoms with E-state index in [-0.39, 0.29) is 20.1 Å². The molecule has 0 aliphatic carbocycles. The molecule has 4 heterocycles. The molecule has 0 bridgehead atoms. The van der Waals surface area contributed by atoms with Gasteiger partial charge in [-0.2, -0.15) is 0 Å². The number of nitrogens with zero attached hydrogens (tertiary/aromatic N) is 3. The van der Waals surface area contributed by atoms with E-state index in [2.05, 4.69) is 102 Å². The molecule has 0 fully saturated rings. The zero-order valence-corrected chi connectivity index (χ0v) is 27.8. The number of aromatic nitrogens is 3. The minimum absolute atomic E-state index is 0. The summed E-state index contributed by atoms with van der Waals surface area (Å²) in [5.74, 6) is 0. The van der Waals surface area contributed by atoms with Crippen molar-refractivity contribution in [1.82, 2.24) is 15.0 Å². The normalized spacial score (nSPS) is 10.9. The molecule has 4 aromatic heterocycles. The summed E-state index contributed by atoms with van der Waals surface area (Å²) in [5.41, 5.74) is 9.86. The van der Waals surface area contributed by atoms with Crippen LogP contribution in [0.15, 0.2) is 150 Å². The van der Waals surface area contributed by atoms with Crippen molar-refractivity contribution in [3.8, 4) is 33.6 Å². The molecular formula is C42H27IrN3O-2. The molecule has 47 heavy (non-hydrogen) atoms. The van der Waals surface area contributed by atoms with Crippen LogP contribution in [-0.4, -0.2) is 15.0 Å². The summed E-state index contributed by atoms with van der Waals surface area (Å²) in [7, 11) is 0. The quantitative estimate of drug-likeness (QED) is 0.168. The van der Waals surface area contributed by atoms with Gasteiger partial charge in [-0.15, -0.1) is 54.1 Å². The van der Waals surface area contributed by atoms with Crippen molar-refractivity contribution in [2.45, 2.75) is 6.92 Å². The van der Waals surface area contributed by atoms with Crippen LogP contribution in [-0.2, 0) is 20.1 Å². The molecular weight excluding hydrogens is 755 g/mol. The van der Waals surface area contributed by atoms with E-state index in [0.29, 0.717) is 0 Å². The zero-order valence-electron chi connectivity index (χ0n) is 25.4. The molecule has 0 saturated heterocycles. The topological polar surface area (TPSA) is 51.8 Å². The fourth-order valence-corrected chi connectivity index (χ4v) is 5.95. The molecule has 9 rings (SSSR count). The minimum Gasteiger partial charge on any atom is -0.500 e. The Hall–Kier alpha value is -5.48. The van der Waals surface area contributed by atoms with Gasteiger partial charge in [0, 0.05) is 54.9 Å². The van der Waals surface area contributed by atoms with Gasteiger partial charge in [-0.05, 0) is 64.7 Å². The van der Waals surface area contributed by atoms with Gasteiger partial charge in [-0.3, -0.25) is 4.98 Å². The van der Waals surface area contributed by atoms with E-state index in [1.54, 1.807) is 6.20 Å². The number of hydrogen-bond acceptors (Lipinski definition) is 4. The summed E-state index contributed by atoms with van der Waals surface area (Å²) in [6.07, 6.45) is 5.55. The molecule has 5 heteroatoms. The first-order valence-corrected chi connectivity index (χ1v) is 15.2. The maximum absolute atomic E-state index is 6.51.